The number of aromatic nitrogens is 2. The SMILES string of the molecule is Cc1cc(-c2nnc(CN(C)CC3CC(O)C3)o2)c(C)o1. The molecular formula is C15H21N3O3. The molecular weight excluding hydrogens is 270 g/mol. The normalized spacial score (nSPS) is 21.8. The van der Waals surface area contributed by atoms with E-state index in [1.54, 1.807) is 0 Å². The Morgan fingerprint density at radius 3 is 2.67 bits per heavy atom. The smallest absolute Gasteiger partial charge is 0.251 e. The highest BCUT2D eigenvalue weighted by Crippen LogP contribution is 2.28. The lowest BCUT2D eigenvalue weighted by Crippen LogP contribution is -2.36. The van der Waals surface area contributed by atoms with Crippen molar-refractivity contribution in [1.29, 1.82) is 0 Å². The lowest BCUT2D eigenvalue weighted by Gasteiger charge is -2.34. The molecule has 1 aliphatic carbocycles. The van der Waals surface area contributed by atoms with Crippen molar-refractivity contribution in [3.8, 4) is 11.5 Å². The van der Waals surface area contributed by atoms with E-state index in [-0.39, 0.29) is 6.10 Å². The fourth-order valence-electron chi connectivity index (χ4n) is 2.86. The molecule has 0 radical (unpaired) electrons. The van der Waals surface area contributed by atoms with E-state index < -0.39 is 0 Å². The van der Waals surface area contributed by atoms with Crippen LogP contribution in [0.3, 0.4) is 0 Å². The molecule has 2 aromatic heterocycles. The Kier molecular flexibility index (Phi) is 3.82. The van der Waals surface area contributed by atoms with Gasteiger partial charge in [0.15, 0.2) is 0 Å². The molecule has 114 valence electrons. The average Bonchev–Trinajstić information content (AvgIpc) is 2.94. The van der Waals surface area contributed by atoms with E-state index >= 15 is 0 Å². The van der Waals surface area contributed by atoms with Crippen molar-refractivity contribution in [3.63, 3.8) is 0 Å². The van der Waals surface area contributed by atoms with Crippen molar-refractivity contribution in [2.24, 2.45) is 5.92 Å². The van der Waals surface area contributed by atoms with Crippen molar-refractivity contribution < 1.29 is 13.9 Å². The molecule has 2 heterocycles. The van der Waals surface area contributed by atoms with Gasteiger partial charge in [-0.1, -0.05) is 0 Å². The highest BCUT2D eigenvalue weighted by Gasteiger charge is 2.28. The van der Waals surface area contributed by atoms with Crippen LogP contribution in [0.1, 0.15) is 30.3 Å². The van der Waals surface area contributed by atoms with E-state index in [0.29, 0.717) is 24.2 Å². The molecule has 2 aromatic rings. The summed E-state index contributed by atoms with van der Waals surface area (Å²) in [6, 6.07) is 1.91. The minimum absolute atomic E-state index is 0.106. The first-order chi connectivity index (χ1) is 10.0. The molecule has 0 aliphatic heterocycles. The highest BCUT2D eigenvalue weighted by molar-refractivity contribution is 5.55. The van der Waals surface area contributed by atoms with Gasteiger partial charge in [-0.2, -0.15) is 0 Å². The molecule has 1 aliphatic rings. The van der Waals surface area contributed by atoms with E-state index in [1.807, 2.05) is 27.0 Å². The molecule has 21 heavy (non-hydrogen) atoms. The van der Waals surface area contributed by atoms with Gasteiger partial charge in [0.05, 0.1) is 18.2 Å². The monoisotopic (exact) mass is 291 g/mol. The zero-order valence-corrected chi connectivity index (χ0v) is 12.7. The fraction of sp³-hybridized carbons (Fsp3) is 0.600. The summed E-state index contributed by atoms with van der Waals surface area (Å²) in [5.41, 5.74) is 0.857. The van der Waals surface area contributed by atoms with Gasteiger partial charge >= 0.3 is 0 Å². The summed E-state index contributed by atoms with van der Waals surface area (Å²) in [5.74, 6) is 3.31. The summed E-state index contributed by atoms with van der Waals surface area (Å²) in [6.45, 7) is 5.35. The molecule has 1 saturated carbocycles. The molecule has 3 rings (SSSR count). The molecule has 0 aromatic carbocycles. The molecule has 0 atom stereocenters. The third-order valence-corrected chi connectivity index (χ3v) is 3.92. The van der Waals surface area contributed by atoms with E-state index in [2.05, 4.69) is 15.1 Å². The number of aliphatic hydroxyl groups excluding tert-OH is 1. The fourth-order valence-corrected chi connectivity index (χ4v) is 2.86. The molecule has 1 N–H and O–H groups in total. The van der Waals surface area contributed by atoms with Crippen molar-refractivity contribution in [2.45, 2.75) is 39.3 Å². The Morgan fingerprint density at radius 2 is 2.05 bits per heavy atom. The van der Waals surface area contributed by atoms with E-state index in [4.69, 9.17) is 8.83 Å². The molecule has 0 spiro atoms. The third-order valence-electron chi connectivity index (χ3n) is 3.92. The van der Waals surface area contributed by atoms with Crippen molar-refractivity contribution >= 4 is 0 Å². The Hall–Kier alpha value is -1.66. The van der Waals surface area contributed by atoms with Gasteiger partial charge in [-0.15, -0.1) is 10.2 Å². The second-order valence-electron chi connectivity index (χ2n) is 6.02. The van der Waals surface area contributed by atoms with Gasteiger partial charge in [-0.3, -0.25) is 4.90 Å². The van der Waals surface area contributed by atoms with Crippen LogP contribution in [-0.4, -0.2) is 39.9 Å². The molecule has 0 saturated heterocycles. The average molecular weight is 291 g/mol. The molecule has 1 fully saturated rings. The summed E-state index contributed by atoms with van der Waals surface area (Å²) >= 11 is 0. The van der Waals surface area contributed by atoms with Crippen LogP contribution >= 0.6 is 0 Å². The van der Waals surface area contributed by atoms with E-state index in [0.717, 1.165) is 36.5 Å². The van der Waals surface area contributed by atoms with Gasteiger partial charge in [0.25, 0.3) is 5.89 Å². The Balaban J connectivity index is 1.61. The van der Waals surface area contributed by atoms with Crippen LogP contribution in [-0.2, 0) is 6.54 Å². The minimum atomic E-state index is -0.106. The number of aliphatic hydroxyl groups is 1. The van der Waals surface area contributed by atoms with Crippen LogP contribution in [0.2, 0.25) is 0 Å². The lowest BCUT2D eigenvalue weighted by molar-refractivity contribution is 0.0264. The lowest BCUT2D eigenvalue weighted by atomic mass is 9.82. The van der Waals surface area contributed by atoms with E-state index in [1.165, 1.54) is 0 Å². The van der Waals surface area contributed by atoms with E-state index in [9.17, 15) is 5.11 Å². The predicted octanol–water partition coefficient (Wildman–Crippen LogP) is 2.15. The topological polar surface area (TPSA) is 75.5 Å². The maximum Gasteiger partial charge on any atom is 0.251 e. The standard InChI is InChI=1S/C15H21N3O3/c1-9-4-13(10(2)20-9)15-17-16-14(21-15)8-18(3)7-11-5-12(19)6-11/h4,11-12,19H,5-8H2,1-3H3. The number of furan rings is 1. The van der Waals surface area contributed by atoms with Crippen LogP contribution < -0.4 is 0 Å². The van der Waals surface area contributed by atoms with Gasteiger partial charge in [0.2, 0.25) is 5.89 Å². The molecule has 6 nitrogen and oxygen atoms in total. The molecule has 0 amide bonds. The molecule has 0 bridgehead atoms. The van der Waals surface area contributed by atoms with Crippen molar-refractivity contribution in [3.05, 3.63) is 23.5 Å². The van der Waals surface area contributed by atoms with Crippen LogP contribution in [0, 0.1) is 19.8 Å². The predicted molar refractivity (Wildman–Crippen MR) is 76.5 cm³/mol. The summed E-state index contributed by atoms with van der Waals surface area (Å²) in [6.07, 6.45) is 1.69. The number of nitrogens with zero attached hydrogens (tertiary/aromatic N) is 3. The van der Waals surface area contributed by atoms with Gasteiger partial charge in [-0.25, -0.2) is 0 Å². The van der Waals surface area contributed by atoms with Gasteiger partial charge in [-0.05, 0) is 45.7 Å². The Morgan fingerprint density at radius 1 is 1.29 bits per heavy atom. The largest absolute Gasteiger partial charge is 0.466 e. The van der Waals surface area contributed by atoms with Crippen LogP contribution in [0.15, 0.2) is 14.9 Å². The van der Waals surface area contributed by atoms with Crippen molar-refractivity contribution in [2.75, 3.05) is 13.6 Å². The van der Waals surface area contributed by atoms with Crippen LogP contribution in [0.4, 0.5) is 0 Å². The van der Waals surface area contributed by atoms with Gasteiger partial charge < -0.3 is 13.9 Å². The zero-order chi connectivity index (χ0) is 15.0. The number of hydrogen-bond acceptors (Lipinski definition) is 6. The van der Waals surface area contributed by atoms with Crippen molar-refractivity contribution in [1.82, 2.24) is 15.1 Å². The summed E-state index contributed by atoms with van der Waals surface area (Å²) in [5, 5.41) is 17.5. The van der Waals surface area contributed by atoms with Crippen LogP contribution in [0.25, 0.3) is 11.5 Å². The number of rotatable bonds is 5. The Labute approximate surface area is 123 Å². The van der Waals surface area contributed by atoms with Crippen LogP contribution in [0.5, 0.6) is 0 Å². The Bertz CT molecular complexity index is 613. The van der Waals surface area contributed by atoms with Gasteiger partial charge in [0, 0.05) is 6.54 Å². The minimum Gasteiger partial charge on any atom is -0.466 e. The maximum absolute atomic E-state index is 9.31. The summed E-state index contributed by atoms with van der Waals surface area (Å²) in [7, 11) is 2.03. The second-order valence-corrected chi connectivity index (χ2v) is 6.02. The highest BCUT2D eigenvalue weighted by atomic mass is 16.4. The number of hydrogen-bond donors (Lipinski definition) is 1. The third kappa shape index (κ3) is 3.16. The first kappa shape index (κ1) is 14.3. The molecule has 0 unspecified atom stereocenters. The number of aryl methyl sites for hydroxylation is 2. The first-order valence-corrected chi connectivity index (χ1v) is 7.27. The quantitative estimate of drug-likeness (QED) is 0.909. The zero-order valence-electron chi connectivity index (χ0n) is 12.7. The second kappa shape index (κ2) is 5.61. The summed E-state index contributed by atoms with van der Waals surface area (Å²) in [4.78, 5) is 2.15. The summed E-state index contributed by atoms with van der Waals surface area (Å²) < 4.78 is 11.2. The first-order valence-electron chi connectivity index (χ1n) is 7.27. The van der Waals surface area contributed by atoms with Gasteiger partial charge in [0.1, 0.15) is 11.5 Å². The molecule has 6 heteroatoms. The maximum atomic E-state index is 9.31.